The molecule has 4 nitrogen and oxygen atoms in total. The summed E-state index contributed by atoms with van der Waals surface area (Å²) in [6.45, 7) is 5.99. The number of carbonyl (C=O) groups is 2. The molecule has 0 spiro atoms. The number of esters is 1. The first-order valence-corrected chi connectivity index (χ1v) is 6.70. The lowest BCUT2D eigenvalue weighted by Gasteiger charge is -2.09. The Kier molecular flexibility index (Phi) is 8.97. The fourth-order valence-electron chi connectivity index (χ4n) is 1.76. The SMILES string of the molecule is CCCCCCOC(=O)/C(CC)=C(/CC)C(=O)O. The summed E-state index contributed by atoms with van der Waals surface area (Å²) < 4.78 is 5.11. The molecule has 0 amide bonds. The van der Waals surface area contributed by atoms with Gasteiger partial charge in [0.25, 0.3) is 0 Å². The molecular weight excluding hydrogens is 232 g/mol. The second-order valence-electron chi connectivity index (χ2n) is 4.17. The predicted octanol–water partition coefficient (Wildman–Crippen LogP) is 3.31. The number of carboxylic acids is 1. The summed E-state index contributed by atoms with van der Waals surface area (Å²) in [6.07, 6.45) is 4.86. The monoisotopic (exact) mass is 256 g/mol. The van der Waals surface area contributed by atoms with Crippen LogP contribution in [0.4, 0.5) is 0 Å². The van der Waals surface area contributed by atoms with E-state index in [9.17, 15) is 9.59 Å². The van der Waals surface area contributed by atoms with Crippen LogP contribution in [-0.4, -0.2) is 23.7 Å². The third-order valence-electron chi connectivity index (χ3n) is 2.81. The molecule has 0 aliphatic heterocycles. The van der Waals surface area contributed by atoms with Gasteiger partial charge in [-0.15, -0.1) is 0 Å². The number of hydrogen-bond donors (Lipinski definition) is 1. The number of hydrogen-bond acceptors (Lipinski definition) is 3. The normalized spacial score (nSPS) is 11.9. The summed E-state index contributed by atoms with van der Waals surface area (Å²) in [7, 11) is 0. The van der Waals surface area contributed by atoms with Crippen LogP contribution in [0.15, 0.2) is 11.1 Å². The van der Waals surface area contributed by atoms with E-state index < -0.39 is 11.9 Å². The molecule has 0 aromatic carbocycles. The first kappa shape index (κ1) is 16.7. The molecule has 0 bridgehead atoms. The summed E-state index contributed by atoms with van der Waals surface area (Å²) in [5.74, 6) is -1.51. The Labute approximate surface area is 109 Å². The number of unbranched alkanes of at least 4 members (excludes halogenated alkanes) is 3. The molecule has 0 aromatic rings. The van der Waals surface area contributed by atoms with E-state index in [0.29, 0.717) is 25.0 Å². The van der Waals surface area contributed by atoms with E-state index in [0.717, 1.165) is 25.7 Å². The highest BCUT2D eigenvalue weighted by Crippen LogP contribution is 2.15. The molecule has 104 valence electrons. The van der Waals surface area contributed by atoms with Crippen LogP contribution >= 0.6 is 0 Å². The fourth-order valence-corrected chi connectivity index (χ4v) is 1.76. The Morgan fingerprint density at radius 3 is 2.00 bits per heavy atom. The third-order valence-corrected chi connectivity index (χ3v) is 2.81. The molecule has 0 unspecified atom stereocenters. The number of aliphatic carboxylic acids is 1. The average Bonchev–Trinajstić information content (AvgIpc) is 2.34. The van der Waals surface area contributed by atoms with E-state index >= 15 is 0 Å². The minimum Gasteiger partial charge on any atom is -0.478 e. The summed E-state index contributed by atoms with van der Waals surface area (Å²) in [6, 6.07) is 0. The van der Waals surface area contributed by atoms with Gasteiger partial charge in [0.2, 0.25) is 0 Å². The van der Waals surface area contributed by atoms with Crippen molar-refractivity contribution in [2.24, 2.45) is 0 Å². The molecule has 18 heavy (non-hydrogen) atoms. The van der Waals surface area contributed by atoms with Crippen LogP contribution in [-0.2, 0) is 14.3 Å². The van der Waals surface area contributed by atoms with E-state index in [1.807, 2.05) is 0 Å². The van der Waals surface area contributed by atoms with Gasteiger partial charge in [-0.2, -0.15) is 0 Å². The van der Waals surface area contributed by atoms with Crippen molar-refractivity contribution in [3.8, 4) is 0 Å². The van der Waals surface area contributed by atoms with E-state index in [1.54, 1.807) is 13.8 Å². The van der Waals surface area contributed by atoms with Gasteiger partial charge >= 0.3 is 11.9 Å². The van der Waals surface area contributed by atoms with Gasteiger partial charge in [0.15, 0.2) is 0 Å². The van der Waals surface area contributed by atoms with Crippen molar-refractivity contribution in [3.05, 3.63) is 11.1 Å². The lowest BCUT2D eigenvalue weighted by atomic mass is 10.0. The number of ether oxygens (including phenoxy) is 1. The summed E-state index contributed by atoms with van der Waals surface area (Å²) in [4.78, 5) is 22.8. The highest BCUT2D eigenvalue weighted by molar-refractivity contribution is 5.99. The minimum absolute atomic E-state index is 0.163. The largest absolute Gasteiger partial charge is 0.478 e. The Bertz CT molecular complexity index is 305. The molecule has 0 aliphatic rings. The van der Waals surface area contributed by atoms with Gasteiger partial charge in [0.05, 0.1) is 6.61 Å². The second kappa shape index (κ2) is 9.68. The van der Waals surface area contributed by atoms with Crippen LogP contribution in [0.5, 0.6) is 0 Å². The molecule has 0 heterocycles. The standard InChI is InChI=1S/C14H24O4/c1-4-7-8-9-10-18-14(17)12(6-3)11(5-2)13(15)16/h4-10H2,1-3H3,(H,15,16)/b12-11-. The topological polar surface area (TPSA) is 63.6 Å². The van der Waals surface area contributed by atoms with E-state index in [2.05, 4.69) is 6.92 Å². The second-order valence-corrected chi connectivity index (χ2v) is 4.17. The minimum atomic E-state index is -1.03. The lowest BCUT2D eigenvalue weighted by molar-refractivity contribution is -0.140. The molecule has 0 radical (unpaired) electrons. The van der Waals surface area contributed by atoms with Crippen molar-refractivity contribution in [2.45, 2.75) is 59.3 Å². The number of carboxylic acid groups (broad SMARTS) is 1. The van der Waals surface area contributed by atoms with Crippen molar-refractivity contribution in [3.63, 3.8) is 0 Å². The van der Waals surface area contributed by atoms with E-state index in [1.165, 1.54) is 0 Å². The van der Waals surface area contributed by atoms with Gasteiger partial charge in [0.1, 0.15) is 0 Å². The van der Waals surface area contributed by atoms with Gasteiger partial charge < -0.3 is 9.84 Å². The van der Waals surface area contributed by atoms with Crippen molar-refractivity contribution < 1.29 is 19.4 Å². The van der Waals surface area contributed by atoms with Crippen LogP contribution in [0.3, 0.4) is 0 Å². The molecule has 4 heteroatoms. The highest BCUT2D eigenvalue weighted by atomic mass is 16.5. The zero-order valence-corrected chi connectivity index (χ0v) is 11.6. The molecule has 0 aromatic heterocycles. The van der Waals surface area contributed by atoms with Gasteiger partial charge in [-0.1, -0.05) is 40.0 Å². The summed E-state index contributed by atoms with van der Waals surface area (Å²) in [5, 5.41) is 9.00. The van der Waals surface area contributed by atoms with Gasteiger partial charge in [0, 0.05) is 11.1 Å². The van der Waals surface area contributed by atoms with Crippen LogP contribution in [0.2, 0.25) is 0 Å². The first-order valence-electron chi connectivity index (χ1n) is 6.70. The van der Waals surface area contributed by atoms with Crippen LogP contribution in [0.25, 0.3) is 0 Å². The maximum atomic E-state index is 11.8. The Hall–Kier alpha value is -1.32. The zero-order chi connectivity index (χ0) is 14.0. The van der Waals surface area contributed by atoms with Crippen LogP contribution < -0.4 is 0 Å². The summed E-state index contributed by atoms with van der Waals surface area (Å²) >= 11 is 0. The van der Waals surface area contributed by atoms with Crippen LogP contribution in [0.1, 0.15) is 59.3 Å². The number of rotatable bonds is 9. The smallest absolute Gasteiger partial charge is 0.334 e. The molecule has 0 rings (SSSR count). The summed E-state index contributed by atoms with van der Waals surface area (Å²) in [5.41, 5.74) is 0.455. The van der Waals surface area contributed by atoms with Gasteiger partial charge in [-0.05, 0) is 19.3 Å². The third kappa shape index (κ3) is 5.84. The number of carbonyl (C=O) groups excluding carboxylic acids is 1. The molecular formula is C14H24O4. The quantitative estimate of drug-likeness (QED) is 0.390. The molecule has 0 fully saturated rings. The Balaban J connectivity index is 4.39. The fraction of sp³-hybridized carbons (Fsp3) is 0.714. The Morgan fingerprint density at radius 2 is 1.56 bits per heavy atom. The molecule has 0 aliphatic carbocycles. The van der Waals surface area contributed by atoms with Crippen molar-refractivity contribution in [2.75, 3.05) is 6.61 Å². The molecule has 0 saturated heterocycles. The van der Waals surface area contributed by atoms with Crippen LogP contribution in [0, 0.1) is 0 Å². The zero-order valence-electron chi connectivity index (χ0n) is 11.6. The van der Waals surface area contributed by atoms with E-state index in [-0.39, 0.29) is 5.57 Å². The Morgan fingerprint density at radius 1 is 0.944 bits per heavy atom. The molecule has 0 saturated carbocycles. The molecule has 0 atom stereocenters. The van der Waals surface area contributed by atoms with Gasteiger partial charge in [-0.25, -0.2) is 9.59 Å². The van der Waals surface area contributed by atoms with Crippen molar-refractivity contribution >= 4 is 11.9 Å². The maximum absolute atomic E-state index is 11.8. The van der Waals surface area contributed by atoms with Crippen molar-refractivity contribution in [1.82, 2.24) is 0 Å². The van der Waals surface area contributed by atoms with E-state index in [4.69, 9.17) is 9.84 Å². The first-order chi connectivity index (χ1) is 8.58. The van der Waals surface area contributed by atoms with Crippen molar-refractivity contribution in [1.29, 1.82) is 0 Å². The van der Waals surface area contributed by atoms with Gasteiger partial charge in [-0.3, -0.25) is 0 Å². The predicted molar refractivity (Wildman–Crippen MR) is 70.3 cm³/mol. The highest BCUT2D eigenvalue weighted by Gasteiger charge is 2.18. The molecule has 1 N–H and O–H groups in total. The lowest BCUT2D eigenvalue weighted by Crippen LogP contribution is -2.14. The average molecular weight is 256 g/mol. The maximum Gasteiger partial charge on any atom is 0.334 e.